The number of carbonyl (C=O) groups is 1. The van der Waals surface area contributed by atoms with Crippen molar-refractivity contribution in [1.29, 1.82) is 0 Å². The largest absolute Gasteiger partial charge is 0.394 e. The molecule has 0 spiro atoms. The SMILES string of the molecule is O=C(CCCCCl)NC1(CO)CC1. The highest BCUT2D eigenvalue weighted by atomic mass is 35.5. The fraction of sp³-hybridized carbons (Fsp3) is 0.889. The van der Waals surface area contributed by atoms with E-state index in [1.165, 1.54) is 0 Å². The summed E-state index contributed by atoms with van der Waals surface area (Å²) in [6.45, 7) is 0.0637. The molecule has 1 saturated carbocycles. The van der Waals surface area contributed by atoms with Crippen molar-refractivity contribution in [3.8, 4) is 0 Å². The Hall–Kier alpha value is -0.280. The number of aliphatic hydroxyl groups is 1. The summed E-state index contributed by atoms with van der Waals surface area (Å²) in [6.07, 6.45) is 4.04. The fourth-order valence-electron chi connectivity index (χ4n) is 1.21. The maximum atomic E-state index is 11.3. The number of alkyl halides is 1. The number of rotatable bonds is 6. The van der Waals surface area contributed by atoms with Crippen LogP contribution in [-0.2, 0) is 4.79 Å². The summed E-state index contributed by atoms with van der Waals surface area (Å²) in [4.78, 5) is 11.3. The number of unbranched alkanes of at least 4 members (excludes halogenated alkanes) is 1. The molecule has 13 heavy (non-hydrogen) atoms. The molecule has 0 heterocycles. The number of amides is 1. The zero-order chi connectivity index (χ0) is 9.73. The van der Waals surface area contributed by atoms with E-state index in [9.17, 15) is 4.79 Å². The molecule has 0 saturated heterocycles. The van der Waals surface area contributed by atoms with Gasteiger partial charge in [-0.05, 0) is 25.7 Å². The Kier molecular flexibility index (Phi) is 4.00. The van der Waals surface area contributed by atoms with Gasteiger partial charge in [-0.3, -0.25) is 4.79 Å². The van der Waals surface area contributed by atoms with Crippen molar-refractivity contribution in [1.82, 2.24) is 5.32 Å². The Labute approximate surface area is 83.5 Å². The second kappa shape index (κ2) is 4.82. The molecular formula is C9H16ClNO2. The van der Waals surface area contributed by atoms with Crippen LogP contribution in [-0.4, -0.2) is 29.0 Å². The normalized spacial score (nSPS) is 18.3. The van der Waals surface area contributed by atoms with E-state index < -0.39 is 0 Å². The monoisotopic (exact) mass is 205 g/mol. The zero-order valence-corrected chi connectivity index (χ0v) is 8.44. The topological polar surface area (TPSA) is 49.3 Å². The average molecular weight is 206 g/mol. The smallest absolute Gasteiger partial charge is 0.220 e. The standard InChI is InChI=1S/C9H16ClNO2/c10-6-2-1-3-8(13)11-9(7-12)4-5-9/h12H,1-7H2,(H,11,13). The van der Waals surface area contributed by atoms with Gasteiger partial charge >= 0.3 is 0 Å². The molecule has 1 aliphatic rings. The van der Waals surface area contributed by atoms with Gasteiger partial charge in [-0.25, -0.2) is 0 Å². The number of hydrogen-bond donors (Lipinski definition) is 2. The molecule has 3 nitrogen and oxygen atoms in total. The molecule has 1 fully saturated rings. The maximum absolute atomic E-state index is 11.3. The highest BCUT2D eigenvalue weighted by Crippen LogP contribution is 2.34. The van der Waals surface area contributed by atoms with E-state index in [4.69, 9.17) is 16.7 Å². The lowest BCUT2D eigenvalue weighted by Crippen LogP contribution is -2.39. The Morgan fingerprint density at radius 3 is 2.62 bits per heavy atom. The third-order valence-corrected chi connectivity index (χ3v) is 2.62. The van der Waals surface area contributed by atoms with Crippen LogP contribution in [0.25, 0.3) is 0 Å². The van der Waals surface area contributed by atoms with Gasteiger partial charge in [0.25, 0.3) is 0 Å². The van der Waals surface area contributed by atoms with Gasteiger partial charge in [-0.1, -0.05) is 0 Å². The molecular weight excluding hydrogens is 190 g/mol. The van der Waals surface area contributed by atoms with Crippen molar-refractivity contribution in [2.45, 2.75) is 37.6 Å². The van der Waals surface area contributed by atoms with Crippen molar-refractivity contribution in [2.24, 2.45) is 0 Å². The van der Waals surface area contributed by atoms with Gasteiger partial charge in [0, 0.05) is 12.3 Å². The number of hydrogen-bond acceptors (Lipinski definition) is 2. The Bertz CT molecular complexity index is 180. The van der Waals surface area contributed by atoms with Crippen molar-refractivity contribution >= 4 is 17.5 Å². The van der Waals surface area contributed by atoms with Crippen LogP contribution in [0.5, 0.6) is 0 Å². The molecule has 0 aliphatic heterocycles. The van der Waals surface area contributed by atoms with Crippen LogP contribution in [0.1, 0.15) is 32.1 Å². The van der Waals surface area contributed by atoms with E-state index in [0.29, 0.717) is 12.3 Å². The molecule has 0 atom stereocenters. The summed E-state index contributed by atoms with van der Waals surface area (Å²) >= 11 is 5.49. The molecule has 1 aliphatic carbocycles. The number of aliphatic hydroxyl groups excluding tert-OH is 1. The molecule has 1 rings (SSSR count). The van der Waals surface area contributed by atoms with Crippen molar-refractivity contribution < 1.29 is 9.90 Å². The van der Waals surface area contributed by atoms with E-state index in [-0.39, 0.29) is 18.1 Å². The summed E-state index contributed by atoms with van der Waals surface area (Å²) in [5.74, 6) is 0.648. The van der Waals surface area contributed by atoms with E-state index in [1.807, 2.05) is 0 Å². The Morgan fingerprint density at radius 1 is 1.46 bits per heavy atom. The minimum atomic E-state index is -0.266. The molecule has 1 amide bonds. The van der Waals surface area contributed by atoms with E-state index in [0.717, 1.165) is 25.7 Å². The predicted octanol–water partition coefficient (Wildman–Crippen LogP) is 1.04. The minimum Gasteiger partial charge on any atom is -0.394 e. The molecule has 0 radical (unpaired) electrons. The average Bonchev–Trinajstić information content (AvgIpc) is 2.86. The van der Waals surface area contributed by atoms with Crippen LogP contribution < -0.4 is 5.32 Å². The third-order valence-electron chi connectivity index (χ3n) is 2.35. The second-order valence-electron chi connectivity index (χ2n) is 3.63. The Morgan fingerprint density at radius 2 is 2.15 bits per heavy atom. The van der Waals surface area contributed by atoms with Gasteiger partial charge in [0.1, 0.15) is 0 Å². The number of carbonyl (C=O) groups excluding carboxylic acids is 1. The first-order chi connectivity index (χ1) is 6.22. The van der Waals surface area contributed by atoms with Crippen LogP contribution in [0.3, 0.4) is 0 Å². The van der Waals surface area contributed by atoms with E-state index in [2.05, 4.69) is 5.32 Å². The molecule has 0 aromatic carbocycles. The third kappa shape index (κ3) is 3.53. The van der Waals surface area contributed by atoms with Crippen molar-refractivity contribution in [3.63, 3.8) is 0 Å². The van der Waals surface area contributed by atoms with Gasteiger partial charge in [0.2, 0.25) is 5.91 Å². The highest BCUT2D eigenvalue weighted by molar-refractivity contribution is 6.17. The van der Waals surface area contributed by atoms with Crippen LogP contribution >= 0.6 is 11.6 Å². The number of nitrogens with one attached hydrogen (secondary N) is 1. The fourth-order valence-corrected chi connectivity index (χ4v) is 1.40. The minimum absolute atomic E-state index is 0.0386. The van der Waals surface area contributed by atoms with Gasteiger partial charge in [-0.15, -0.1) is 11.6 Å². The van der Waals surface area contributed by atoms with Gasteiger partial charge in [0.05, 0.1) is 12.1 Å². The zero-order valence-electron chi connectivity index (χ0n) is 7.68. The summed E-state index contributed by atoms with van der Waals surface area (Å²) < 4.78 is 0. The lowest BCUT2D eigenvalue weighted by atomic mass is 10.2. The Balaban J connectivity index is 2.11. The molecule has 4 heteroatoms. The van der Waals surface area contributed by atoms with Gasteiger partial charge in [0.15, 0.2) is 0 Å². The number of halogens is 1. The first-order valence-corrected chi connectivity index (χ1v) is 5.24. The molecule has 2 N–H and O–H groups in total. The van der Waals surface area contributed by atoms with Crippen molar-refractivity contribution in [2.75, 3.05) is 12.5 Å². The first kappa shape index (κ1) is 10.8. The van der Waals surface area contributed by atoms with Crippen LogP contribution in [0.4, 0.5) is 0 Å². The van der Waals surface area contributed by atoms with Crippen molar-refractivity contribution in [3.05, 3.63) is 0 Å². The summed E-state index contributed by atoms with van der Waals surface area (Å²) in [5, 5.41) is 11.8. The van der Waals surface area contributed by atoms with Crippen LogP contribution in [0.15, 0.2) is 0 Å². The van der Waals surface area contributed by atoms with Gasteiger partial charge < -0.3 is 10.4 Å². The van der Waals surface area contributed by atoms with Gasteiger partial charge in [-0.2, -0.15) is 0 Å². The quantitative estimate of drug-likeness (QED) is 0.503. The van der Waals surface area contributed by atoms with E-state index >= 15 is 0 Å². The lowest BCUT2D eigenvalue weighted by Gasteiger charge is -2.13. The second-order valence-corrected chi connectivity index (χ2v) is 4.01. The molecule has 0 unspecified atom stereocenters. The first-order valence-electron chi connectivity index (χ1n) is 4.70. The highest BCUT2D eigenvalue weighted by Gasteiger charge is 2.43. The maximum Gasteiger partial charge on any atom is 0.220 e. The van der Waals surface area contributed by atoms with E-state index in [1.54, 1.807) is 0 Å². The molecule has 0 bridgehead atoms. The summed E-state index contributed by atoms with van der Waals surface area (Å²) in [5.41, 5.74) is -0.266. The lowest BCUT2D eigenvalue weighted by molar-refractivity contribution is -0.122. The predicted molar refractivity (Wildman–Crippen MR) is 51.8 cm³/mol. The molecule has 0 aromatic rings. The summed E-state index contributed by atoms with van der Waals surface area (Å²) in [6, 6.07) is 0. The van der Waals surface area contributed by atoms with Crippen LogP contribution in [0.2, 0.25) is 0 Å². The molecule has 76 valence electrons. The molecule has 0 aromatic heterocycles. The van der Waals surface area contributed by atoms with Crippen LogP contribution in [0, 0.1) is 0 Å². The summed E-state index contributed by atoms with van der Waals surface area (Å²) in [7, 11) is 0.